The molecule has 0 radical (unpaired) electrons. The van der Waals surface area contributed by atoms with Gasteiger partial charge in [-0.15, -0.1) is 0 Å². The SMILES string of the molecule is Cc1ccccc1C(=O)/C=C/C(=O)OC(C)(C)C. The van der Waals surface area contributed by atoms with Gasteiger partial charge in [-0.25, -0.2) is 4.79 Å². The maximum atomic E-state index is 11.8. The van der Waals surface area contributed by atoms with E-state index in [9.17, 15) is 9.59 Å². The summed E-state index contributed by atoms with van der Waals surface area (Å²) in [5, 5.41) is 0. The lowest BCUT2D eigenvalue weighted by Gasteiger charge is -2.17. The zero-order chi connectivity index (χ0) is 13.8. The van der Waals surface area contributed by atoms with Crippen molar-refractivity contribution in [3.63, 3.8) is 0 Å². The number of esters is 1. The number of hydrogen-bond acceptors (Lipinski definition) is 3. The van der Waals surface area contributed by atoms with Gasteiger partial charge in [0.25, 0.3) is 0 Å². The number of allylic oxidation sites excluding steroid dienone is 1. The largest absolute Gasteiger partial charge is 0.457 e. The number of ketones is 1. The molecule has 0 saturated heterocycles. The predicted molar refractivity (Wildman–Crippen MR) is 70.5 cm³/mol. The van der Waals surface area contributed by atoms with Gasteiger partial charge < -0.3 is 4.74 Å². The van der Waals surface area contributed by atoms with Gasteiger partial charge in [0.2, 0.25) is 0 Å². The Balaban J connectivity index is 2.71. The smallest absolute Gasteiger partial charge is 0.331 e. The van der Waals surface area contributed by atoms with Crippen LogP contribution in [-0.4, -0.2) is 17.4 Å². The molecule has 0 atom stereocenters. The first kappa shape index (κ1) is 14.2. The van der Waals surface area contributed by atoms with Crippen LogP contribution in [0.4, 0.5) is 0 Å². The highest BCUT2D eigenvalue weighted by molar-refractivity contribution is 6.07. The highest BCUT2D eigenvalue weighted by Gasteiger charge is 2.14. The van der Waals surface area contributed by atoms with Gasteiger partial charge in [0.1, 0.15) is 5.60 Å². The molecule has 0 fully saturated rings. The summed E-state index contributed by atoms with van der Waals surface area (Å²) in [5.74, 6) is -0.705. The molecule has 96 valence electrons. The lowest BCUT2D eigenvalue weighted by Crippen LogP contribution is -2.22. The Morgan fingerprint density at radius 1 is 1.11 bits per heavy atom. The first-order chi connectivity index (χ1) is 8.29. The quantitative estimate of drug-likeness (QED) is 0.467. The second-order valence-electron chi connectivity index (χ2n) is 5.05. The number of carbonyl (C=O) groups is 2. The maximum Gasteiger partial charge on any atom is 0.331 e. The molecule has 1 aromatic carbocycles. The second kappa shape index (κ2) is 5.63. The monoisotopic (exact) mass is 246 g/mol. The summed E-state index contributed by atoms with van der Waals surface area (Å²) in [7, 11) is 0. The van der Waals surface area contributed by atoms with Crippen LogP contribution >= 0.6 is 0 Å². The molecule has 3 heteroatoms. The summed E-state index contributed by atoms with van der Waals surface area (Å²) >= 11 is 0. The third-order valence-electron chi connectivity index (χ3n) is 2.19. The van der Waals surface area contributed by atoms with Crippen molar-refractivity contribution in [3.8, 4) is 0 Å². The summed E-state index contributed by atoms with van der Waals surface area (Å²) in [6.07, 6.45) is 2.41. The van der Waals surface area contributed by atoms with Gasteiger partial charge in [0.15, 0.2) is 5.78 Å². The Labute approximate surface area is 107 Å². The molecule has 0 N–H and O–H groups in total. The van der Waals surface area contributed by atoms with Gasteiger partial charge in [-0.2, -0.15) is 0 Å². The molecule has 0 heterocycles. The molecule has 0 aromatic heterocycles. The Kier molecular flexibility index (Phi) is 4.43. The van der Waals surface area contributed by atoms with Crippen molar-refractivity contribution < 1.29 is 14.3 Å². The van der Waals surface area contributed by atoms with Gasteiger partial charge in [-0.3, -0.25) is 4.79 Å². The van der Waals surface area contributed by atoms with Crippen LogP contribution in [0.1, 0.15) is 36.7 Å². The number of rotatable bonds is 3. The van der Waals surface area contributed by atoms with E-state index in [0.717, 1.165) is 5.56 Å². The highest BCUT2D eigenvalue weighted by atomic mass is 16.6. The standard InChI is InChI=1S/C15H18O3/c1-11-7-5-6-8-12(11)13(16)9-10-14(17)18-15(2,3)4/h5-10H,1-4H3/b10-9+. The molecule has 0 aliphatic heterocycles. The Bertz CT molecular complexity index is 479. The van der Waals surface area contributed by atoms with Crippen LogP contribution in [0.25, 0.3) is 0 Å². The fourth-order valence-corrected chi connectivity index (χ4v) is 1.42. The molecule has 18 heavy (non-hydrogen) atoms. The first-order valence-corrected chi connectivity index (χ1v) is 5.80. The fraction of sp³-hybridized carbons (Fsp3) is 0.333. The van der Waals surface area contributed by atoms with E-state index < -0.39 is 11.6 Å². The zero-order valence-corrected chi connectivity index (χ0v) is 11.2. The molecule has 0 aliphatic carbocycles. The lowest BCUT2D eigenvalue weighted by atomic mass is 10.0. The molecule has 1 aromatic rings. The van der Waals surface area contributed by atoms with Crippen LogP contribution < -0.4 is 0 Å². The van der Waals surface area contributed by atoms with Crippen molar-refractivity contribution in [1.29, 1.82) is 0 Å². The molecule has 0 bridgehead atoms. The van der Waals surface area contributed by atoms with E-state index in [1.807, 2.05) is 19.1 Å². The van der Waals surface area contributed by atoms with E-state index in [1.165, 1.54) is 12.2 Å². The molecule has 0 saturated carbocycles. The van der Waals surface area contributed by atoms with Crippen LogP contribution in [0.15, 0.2) is 36.4 Å². The average Bonchev–Trinajstić information content (AvgIpc) is 2.24. The minimum absolute atomic E-state index is 0.195. The zero-order valence-electron chi connectivity index (χ0n) is 11.2. The molecule has 0 unspecified atom stereocenters. The third kappa shape index (κ3) is 4.53. The van der Waals surface area contributed by atoms with E-state index in [1.54, 1.807) is 32.9 Å². The number of aryl methyl sites for hydroxylation is 1. The van der Waals surface area contributed by atoms with Crippen molar-refractivity contribution >= 4 is 11.8 Å². The van der Waals surface area contributed by atoms with E-state index in [2.05, 4.69) is 0 Å². The Hall–Kier alpha value is -1.90. The third-order valence-corrected chi connectivity index (χ3v) is 2.19. The van der Waals surface area contributed by atoms with Crippen LogP contribution in [0.5, 0.6) is 0 Å². The van der Waals surface area contributed by atoms with Crippen LogP contribution in [0.2, 0.25) is 0 Å². The molecule has 0 amide bonds. The van der Waals surface area contributed by atoms with Crippen molar-refractivity contribution in [1.82, 2.24) is 0 Å². The van der Waals surface area contributed by atoms with Crippen LogP contribution in [0, 0.1) is 6.92 Å². The molecular weight excluding hydrogens is 228 g/mol. The number of benzene rings is 1. The summed E-state index contributed by atoms with van der Waals surface area (Å²) < 4.78 is 5.08. The minimum Gasteiger partial charge on any atom is -0.457 e. The summed E-state index contributed by atoms with van der Waals surface area (Å²) in [5.41, 5.74) is 0.932. The normalized spacial score (nSPS) is 11.6. The predicted octanol–water partition coefficient (Wildman–Crippen LogP) is 3.08. The van der Waals surface area contributed by atoms with Crippen molar-refractivity contribution in [2.75, 3.05) is 0 Å². The number of carbonyl (C=O) groups excluding carboxylic acids is 2. The van der Waals surface area contributed by atoms with E-state index in [4.69, 9.17) is 4.74 Å². The minimum atomic E-state index is -0.548. The van der Waals surface area contributed by atoms with Gasteiger partial charge in [-0.1, -0.05) is 24.3 Å². The molecular formula is C15H18O3. The molecule has 3 nitrogen and oxygen atoms in total. The average molecular weight is 246 g/mol. The summed E-state index contributed by atoms with van der Waals surface area (Å²) in [6.45, 7) is 7.19. The number of ether oxygens (including phenoxy) is 1. The number of hydrogen-bond donors (Lipinski definition) is 0. The summed E-state index contributed by atoms with van der Waals surface area (Å²) in [6, 6.07) is 7.25. The van der Waals surface area contributed by atoms with Crippen molar-refractivity contribution in [2.45, 2.75) is 33.3 Å². The van der Waals surface area contributed by atoms with Crippen molar-refractivity contribution in [3.05, 3.63) is 47.5 Å². The Morgan fingerprint density at radius 2 is 1.72 bits per heavy atom. The summed E-state index contributed by atoms with van der Waals surface area (Å²) in [4.78, 5) is 23.3. The molecule has 0 spiro atoms. The second-order valence-corrected chi connectivity index (χ2v) is 5.05. The van der Waals surface area contributed by atoms with Gasteiger partial charge >= 0.3 is 5.97 Å². The van der Waals surface area contributed by atoms with Crippen molar-refractivity contribution in [2.24, 2.45) is 0 Å². The highest BCUT2D eigenvalue weighted by Crippen LogP contribution is 2.10. The van der Waals surface area contributed by atoms with Crippen LogP contribution in [-0.2, 0) is 9.53 Å². The fourth-order valence-electron chi connectivity index (χ4n) is 1.42. The van der Waals surface area contributed by atoms with E-state index in [-0.39, 0.29) is 5.78 Å². The maximum absolute atomic E-state index is 11.8. The molecule has 1 rings (SSSR count). The van der Waals surface area contributed by atoms with Gasteiger partial charge in [0, 0.05) is 11.6 Å². The van der Waals surface area contributed by atoms with Gasteiger partial charge in [-0.05, 0) is 39.3 Å². The topological polar surface area (TPSA) is 43.4 Å². The van der Waals surface area contributed by atoms with E-state index in [0.29, 0.717) is 5.56 Å². The van der Waals surface area contributed by atoms with Gasteiger partial charge in [0.05, 0.1) is 0 Å². The molecule has 0 aliphatic rings. The van der Waals surface area contributed by atoms with E-state index >= 15 is 0 Å². The lowest BCUT2D eigenvalue weighted by molar-refractivity contribution is -0.148. The Morgan fingerprint density at radius 3 is 2.28 bits per heavy atom. The van der Waals surface area contributed by atoms with Crippen LogP contribution in [0.3, 0.4) is 0 Å². The first-order valence-electron chi connectivity index (χ1n) is 5.80.